The molecule has 0 bridgehead atoms. The van der Waals surface area contributed by atoms with Crippen molar-refractivity contribution in [3.63, 3.8) is 0 Å². The molecule has 3 aromatic heterocycles. The zero-order valence-electron chi connectivity index (χ0n) is 20.5. The number of aliphatic imine (C=N–C) groups is 1. The molecule has 0 spiro atoms. The number of hydrogen-bond donors (Lipinski definition) is 1. The van der Waals surface area contributed by atoms with Crippen LogP contribution in [0.3, 0.4) is 0 Å². The number of pyridine rings is 1. The number of rotatable bonds is 9. The van der Waals surface area contributed by atoms with Crippen LogP contribution in [0.15, 0.2) is 64.3 Å². The molecule has 3 heterocycles. The van der Waals surface area contributed by atoms with Gasteiger partial charge in [0.1, 0.15) is 0 Å². The summed E-state index contributed by atoms with van der Waals surface area (Å²) in [6, 6.07) is 13.9. The van der Waals surface area contributed by atoms with Crippen molar-refractivity contribution in [3.05, 3.63) is 71.6 Å². The SMILES string of the molecule is CCC(C)C(CCNC(=O)c1cccn2c(-c3ccco3)nnc12)=Nc1cc(C2CC2)ccc1C. The van der Waals surface area contributed by atoms with E-state index in [4.69, 9.17) is 9.41 Å². The number of amides is 1. The number of aryl methyl sites for hydroxylation is 1. The Hall–Kier alpha value is -3.74. The average molecular weight is 470 g/mol. The van der Waals surface area contributed by atoms with Gasteiger partial charge in [0.15, 0.2) is 11.4 Å². The first-order valence-corrected chi connectivity index (χ1v) is 12.4. The molecule has 7 heteroatoms. The summed E-state index contributed by atoms with van der Waals surface area (Å²) in [4.78, 5) is 18.1. The number of carbonyl (C=O) groups excluding carboxylic acids is 1. The highest BCUT2D eigenvalue weighted by atomic mass is 16.3. The Balaban J connectivity index is 1.31. The average Bonchev–Trinajstić information content (AvgIpc) is 3.40. The molecule has 180 valence electrons. The summed E-state index contributed by atoms with van der Waals surface area (Å²) in [5, 5.41) is 11.5. The first kappa shape index (κ1) is 23.0. The second-order valence-corrected chi connectivity index (χ2v) is 9.35. The molecule has 1 aliphatic rings. The van der Waals surface area contributed by atoms with Crippen molar-refractivity contribution in [1.29, 1.82) is 0 Å². The Morgan fingerprint density at radius 3 is 2.83 bits per heavy atom. The lowest BCUT2D eigenvalue weighted by Gasteiger charge is -2.15. The quantitative estimate of drug-likeness (QED) is 0.300. The van der Waals surface area contributed by atoms with E-state index in [1.54, 1.807) is 22.8 Å². The van der Waals surface area contributed by atoms with Gasteiger partial charge in [-0.05, 0) is 79.5 Å². The topological polar surface area (TPSA) is 84.8 Å². The maximum atomic E-state index is 13.1. The minimum atomic E-state index is -0.176. The number of nitrogens with one attached hydrogen (secondary N) is 1. The minimum absolute atomic E-state index is 0.176. The first-order chi connectivity index (χ1) is 17.0. The molecular weight excluding hydrogens is 438 g/mol. The molecule has 1 aliphatic carbocycles. The van der Waals surface area contributed by atoms with E-state index in [0.29, 0.717) is 47.6 Å². The smallest absolute Gasteiger partial charge is 0.255 e. The Bertz CT molecular complexity index is 1370. The Kier molecular flexibility index (Phi) is 6.49. The fraction of sp³-hybridized carbons (Fsp3) is 0.357. The molecule has 1 aromatic carbocycles. The molecule has 35 heavy (non-hydrogen) atoms. The predicted octanol–water partition coefficient (Wildman–Crippen LogP) is 6.11. The molecule has 1 amide bonds. The van der Waals surface area contributed by atoms with Crippen molar-refractivity contribution in [2.75, 3.05) is 6.54 Å². The van der Waals surface area contributed by atoms with Crippen LogP contribution in [-0.4, -0.2) is 32.8 Å². The van der Waals surface area contributed by atoms with Crippen LogP contribution in [0, 0.1) is 12.8 Å². The third-order valence-corrected chi connectivity index (χ3v) is 6.81. The van der Waals surface area contributed by atoms with Crippen LogP contribution in [0.4, 0.5) is 5.69 Å². The molecule has 0 aliphatic heterocycles. The number of carbonyl (C=O) groups is 1. The second-order valence-electron chi connectivity index (χ2n) is 9.35. The lowest BCUT2D eigenvalue weighted by Crippen LogP contribution is -2.27. The summed E-state index contributed by atoms with van der Waals surface area (Å²) < 4.78 is 7.23. The highest BCUT2D eigenvalue weighted by Gasteiger charge is 2.24. The van der Waals surface area contributed by atoms with E-state index in [0.717, 1.165) is 17.8 Å². The fourth-order valence-electron chi connectivity index (χ4n) is 4.29. The normalized spacial score (nSPS) is 14.9. The highest BCUT2D eigenvalue weighted by Crippen LogP contribution is 2.41. The van der Waals surface area contributed by atoms with Gasteiger partial charge in [0.05, 0.1) is 17.5 Å². The van der Waals surface area contributed by atoms with Crippen molar-refractivity contribution in [3.8, 4) is 11.6 Å². The number of nitrogens with zero attached hydrogens (tertiary/aromatic N) is 4. The van der Waals surface area contributed by atoms with E-state index in [1.807, 2.05) is 18.3 Å². The van der Waals surface area contributed by atoms with Crippen molar-refractivity contribution >= 4 is 23.0 Å². The van der Waals surface area contributed by atoms with E-state index < -0.39 is 0 Å². The third kappa shape index (κ3) is 4.90. The molecule has 1 atom stereocenters. The van der Waals surface area contributed by atoms with Gasteiger partial charge in [-0.15, -0.1) is 10.2 Å². The van der Waals surface area contributed by atoms with E-state index in [2.05, 4.69) is 54.5 Å². The molecule has 1 unspecified atom stereocenters. The molecule has 1 fully saturated rings. The lowest BCUT2D eigenvalue weighted by atomic mass is 9.99. The largest absolute Gasteiger partial charge is 0.461 e. The standard InChI is InChI=1S/C28H31N5O2/c1-4-18(2)23(30-24-17-21(20-11-12-20)10-9-19(24)3)13-14-29-28(34)22-7-5-15-33-26(22)31-32-27(33)25-8-6-16-35-25/h5-10,15-18,20H,4,11-14H2,1-3H3,(H,29,34). The van der Waals surface area contributed by atoms with Crippen molar-refractivity contribution in [2.24, 2.45) is 10.9 Å². The van der Waals surface area contributed by atoms with Gasteiger partial charge in [0.2, 0.25) is 5.82 Å². The fourth-order valence-corrected chi connectivity index (χ4v) is 4.29. The molecule has 0 radical (unpaired) electrons. The minimum Gasteiger partial charge on any atom is -0.461 e. The monoisotopic (exact) mass is 469 g/mol. The second kappa shape index (κ2) is 9.86. The number of benzene rings is 1. The van der Waals surface area contributed by atoms with Gasteiger partial charge in [-0.25, -0.2) is 0 Å². The van der Waals surface area contributed by atoms with Crippen LogP contribution >= 0.6 is 0 Å². The van der Waals surface area contributed by atoms with Crippen LogP contribution < -0.4 is 5.32 Å². The summed E-state index contributed by atoms with van der Waals surface area (Å²) in [7, 11) is 0. The Labute approximate surface area is 205 Å². The zero-order valence-corrected chi connectivity index (χ0v) is 20.5. The van der Waals surface area contributed by atoms with Gasteiger partial charge >= 0.3 is 0 Å². The summed E-state index contributed by atoms with van der Waals surface area (Å²) in [5.74, 6) is 2.03. The molecule has 1 N–H and O–H groups in total. The van der Waals surface area contributed by atoms with Crippen LogP contribution in [0.25, 0.3) is 17.2 Å². The molecule has 4 aromatic rings. The van der Waals surface area contributed by atoms with Crippen LogP contribution in [0.5, 0.6) is 0 Å². The summed E-state index contributed by atoms with van der Waals surface area (Å²) >= 11 is 0. The summed E-state index contributed by atoms with van der Waals surface area (Å²) in [5.41, 5.74) is 5.72. The number of hydrogen-bond acceptors (Lipinski definition) is 5. The summed E-state index contributed by atoms with van der Waals surface area (Å²) in [6.07, 6.45) is 7.67. The molecular formula is C28H31N5O2. The van der Waals surface area contributed by atoms with Crippen LogP contribution in [0.2, 0.25) is 0 Å². The summed E-state index contributed by atoms with van der Waals surface area (Å²) in [6.45, 7) is 6.99. The molecule has 7 nitrogen and oxygen atoms in total. The van der Waals surface area contributed by atoms with Gasteiger partial charge < -0.3 is 9.73 Å². The van der Waals surface area contributed by atoms with Gasteiger partial charge in [0, 0.05) is 24.9 Å². The van der Waals surface area contributed by atoms with E-state index >= 15 is 0 Å². The number of furan rings is 1. The number of aromatic nitrogens is 3. The molecule has 0 saturated heterocycles. The molecule has 5 rings (SSSR count). The zero-order chi connectivity index (χ0) is 24.4. The van der Waals surface area contributed by atoms with Crippen LogP contribution in [0.1, 0.15) is 66.9 Å². The maximum absolute atomic E-state index is 13.1. The Morgan fingerprint density at radius 2 is 2.09 bits per heavy atom. The third-order valence-electron chi connectivity index (χ3n) is 6.81. The number of fused-ring (bicyclic) bond motifs is 1. The van der Waals surface area contributed by atoms with Gasteiger partial charge in [-0.2, -0.15) is 0 Å². The van der Waals surface area contributed by atoms with Gasteiger partial charge in [-0.3, -0.25) is 14.2 Å². The first-order valence-electron chi connectivity index (χ1n) is 12.4. The maximum Gasteiger partial charge on any atom is 0.255 e. The van der Waals surface area contributed by atoms with E-state index in [-0.39, 0.29) is 5.91 Å². The van der Waals surface area contributed by atoms with Gasteiger partial charge in [-0.1, -0.05) is 26.0 Å². The van der Waals surface area contributed by atoms with E-state index in [1.165, 1.54) is 24.0 Å². The Morgan fingerprint density at radius 1 is 1.23 bits per heavy atom. The van der Waals surface area contributed by atoms with Crippen LogP contribution in [-0.2, 0) is 0 Å². The van der Waals surface area contributed by atoms with Crippen molar-refractivity contribution < 1.29 is 9.21 Å². The van der Waals surface area contributed by atoms with Gasteiger partial charge in [0.25, 0.3) is 5.91 Å². The highest BCUT2D eigenvalue weighted by molar-refractivity contribution is 6.00. The van der Waals surface area contributed by atoms with E-state index in [9.17, 15) is 4.79 Å². The van der Waals surface area contributed by atoms with Crippen molar-refractivity contribution in [2.45, 2.75) is 52.4 Å². The molecule has 1 saturated carbocycles. The van der Waals surface area contributed by atoms with Crippen molar-refractivity contribution in [1.82, 2.24) is 19.9 Å². The lowest BCUT2D eigenvalue weighted by molar-refractivity contribution is 0.0956. The predicted molar refractivity (Wildman–Crippen MR) is 137 cm³/mol.